The first kappa shape index (κ1) is 11.7. The third-order valence-electron chi connectivity index (χ3n) is 2.68. The molecule has 0 saturated carbocycles. The van der Waals surface area contributed by atoms with Crippen molar-refractivity contribution in [2.24, 2.45) is 0 Å². The van der Waals surface area contributed by atoms with Crippen molar-refractivity contribution in [1.82, 2.24) is 0 Å². The summed E-state index contributed by atoms with van der Waals surface area (Å²) in [5, 5.41) is 9.22. The molecule has 0 aliphatic heterocycles. The van der Waals surface area contributed by atoms with Crippen LogP contribution < -0.4 is 4.74 Å². The lowest BCUT2D eigenvalue weighted by atomic mass is 10.1. The highest BCUT2D eigenvalue weighted by Crippen LogP contribution is 2.25. The van der Waals surface area contributed by atoms with Crippen molar-refractivity contribution in [3.05, 3.63) is 59.7 Å². The maximum absolute atomic E-state index is 9.22. The van der Waals surface area contributed by atoms with Gasteiger partial charge in [0.05, 0.1) is 6.61 Å². The Morgan fingerprint density at radius 1 is 1.06 bits per heavy atom. The summed E-state index contributed by atoms with van der Waals surface area (Å²) in [5.74, 6) is 1.52. The van der Waals surface area contributed by atoms with Gasteiger partial charge in [0.2, 0.25) is 0 Å². The second-order valence-corrected chi connectivity index (χ2v) is 3.87. The van der Waals surface area contributed by atoms with Gasteiger partial charge in [0.25, 0.3) is 0 Å². The summed E-state index contributed by atoms with van der Waals surface area (Å²) < 4.78 is 5.78. The van der Waals surface area contributed by atoms with Crippen LogP contribution >= 0.6 is 0 Å². The minimum absolute atomic E-state index is 0.0103. The van der Waals surface area contributed by atoms with Crippen LogP contribution in [0.15, 0.2) is 48.5 Å². The minimum atomic E-state index is -0.0103. The highest BCUT2D eigenvalue weighted by atomic mass is 16.5. The smallest absolute Gasteiger partial charge is 0.132 e. The number of ether oxygens (including phenoxy) is 1. The Morgan fingerprint density at radius 3 is 2.65 bits per heavy atom. The molecule has 0 atom stereocenters. The van der Waals surface area contributed by atoms with E-state index in [1.165, 1.54) is 5.56 Å². The largest absolute Gasteiger partial charge is 0.457 e. The van der Waals surface area contributed by atoms with Crippen LogP contribution in [0, 0.1) is 0 Å². The van der Waals surface area contributed by atoms with Crippen LogP contribution in [0.25, 0.3) is 0 Å². The summed E-state index contributed by atoms with van der Waals surface area (Å²) in [6.45, 7) is 2.10. The molecule has 0 aromatic heterocycles. The fourth-order valence-electron chi connectivity index (χ4n) is 1.69. The summed E-state index contributed by atoms with van der Waals surface area (Å²) in [6.07, 6.45) is 0.985. The third kappa shape index (κ3) is 2.86. The zero-order chi connectivity index (χ0) is 12.1. The normalized spacial score (nSPS) is 10.2. The standard InChI is InChI=1S/C15H16O2/c1-2-12-6-5-8-14(10-12)17-15-9-4-3-7-13(15)11-16/h3-10,16H,2,11H2,1H3. The molecule has 0 saturated heterocycles. The van der Waals surface area contributed by atoms with Crippen LogP contribution in [0.5, 0.6) is 11.5 Å². The van der Waals surface area contributed by atoms with E-state index in [1.807, 2.05) is 42.5 Å². The van der Waals surface area contributed by atoms with Crippen LogP contribution in [0.2, 0.25) is 0 Å². The van der Waals surface area contributed by atoms with Gasteiger partial charge in [-0.3, -0.25) is 0 Å². The number of hydrogen-bond donors (Lipinski definition) is 1. The van der Waals surface area contributed by atoms with Crippen LogP contribution in [0.3, 0.4) is 0 Å². The molecule has 1 N–H and O–H groups in total. The highest BCUT2D eigenvalue weighted by molar-refractivity contribution is 5.38. The van der Waals surface area contributed by atoms with E-state index < -0.39 is 0 Å². The predicted molar refractivity (Wildman–Crippen MR) is 68.3 cm³/mol. The van der Waals surface area contributed by atoms with Gasteiger partial charge in [-0.1, -0.05) is 37.3 Å². The Balaban J connectivity index is 2.24. The maximum Gasteiger partial charge on any atom is 0.132 e. The van der Waals surface area contributed by atoms with Crippen molar-refractivity contribution >= 4 is 0 Å². The molecule has 0 radical (unpaired) electrons. The van der Waals surface area contributed by atoms with E-state index in [1.54, 1.807) is 0 Å². The molecule has 0 heterocycles. The molecule has 2 nitrogen and oxygen atoms in total. The van der Waals surface area contributed by atoms with Crippen molar-refractivity contribution in [3.63, 3.8) is 0 Å². The van der Waals surface area contributed by atoms with Gasteiger partial charge in [-0.25, -0.2) is 0 Å². The minimum Gasteiger partial charge on any atom is -0.457 e. The van der Waals surface area contributed by atoms with Gasteiger partial charge in [-0.15, -0.1) is 0 Å². The molecule has 0 fully saturated rings. The number of aliphatic hydroxyl groups is 1. The average Bonchev–Trinajstić information content (AvgIpc) is 2.39. The van der Waals surface area contributed by atoms with Gasteiger partial charge in [0.15, 0.2) is 0 Å². The van der Waals surface area contributed by atoms with Crippen molar-refractivity contribution in [2.75, 3.05) is 0 Å². The summed E-state index contributed by atoms with van der Waals surface area (Å²) in [6, 6.07) is 15.5. The average molecular weight is 228 g/mol. The van der Waals surface area contributed by atoms with Gasteiger partial charge in [-0.2, -0.15) is 0 Å². The quantitative estimate of drug-likeness (QED) is 0.867. The number of benzene rings is 2. The third-order valence-corrected chi connectivity index (χ3v) is 2.68. The van der Waals surface area contributed by atoms with Crippen LogP contribution in [0.1, 0.15) is 18.1 Å². The van der Waals surface area contributed by atoms with Gasteiger partial charge in [-0.05, 0) is 30.2 Å². The Bertz CT molecular complexity index is 492. The van der Waals surface area contributed by atoms with Gasteiger partial charge in [0, 0.05) is 5.56 Å². The lowest BCUT2D eigenvalue weighted by Crippen LogP contribution is -1.91. The molecule has 88 valence electrons. The van der Waals surface area contributed by atoms with Gasteiger partial charge < -0.3 is 9.84 Å². The Kier molecular flexibility index (Phi) is 3.78. The van der Waals surface area contributed by atoms with E-state index in [0.29, 0.717) is 5.75 Å². The lowest BCUT2D eigenvalue weighted by Gasteiger charge is -2.10. The van der Waals surface area contributed by atoms with E-state index in [0.717, 1.165) is 17.7 Å². The number of aliphatic hydroxyl groups excluding tert-OH is 1. The Labute approximate surface area is 101 Å². The van der Waals surface area contributed by atoms with Crippen molar-refractivity contribution in [1.29, 1.82) is 0 Å². The Morgan fingerprint density at radius 2 is 1.88 bits per heavy atom. The topological polar surface area (TPSA) is 29.5 Å². The van der Waals surface area contributed by atoms with Gasteiger partial charge in [0.1, 0.15) is 11.5 Å². The first-order valence-electron chi connectivity index (χ1n) is 5.79. The fourth-order valence-corrected chi connectivity index (χ4v) is 1.69. The maximum atomic E-state index is 9.22. The van der Waals surface area contributed by atoms with E-state index in [-0.39, 0.29) is 6.61 Å². The molecule has 0 unspecified atom stereocenters. The summed E-state index contributed by atoms with van der Waals surface area (Å²) in [7, 11) is 0. The molecule has 2 aromatic rings. The van der Waals surface area contributed by atoms with E-state index >= 15 is 0 Å². The van der Waals surface area contributed by atoms with Crippen molar-refractivity contribution in [3.8, 4) is 11.5 Å². The monoisotopic (exact) mass is 228 g/mol. The first-order valence-corrected chi connectivity index (χ1v) is 5.79. The number of rotatable bonds is 4. The summed E-state index contributed by atoms with van der Waals surface area (Å²) >= 11 is 0. The van der Waals surface area contributed by atoms with Gasteiger partial charge >= 0.3 is 0 Å². The highest BCUT2D eigenvalue weighted by Gasteiger charge is 2.03. The number of hydrogen-bond acceptors (Lipinski definition) is 2. The second-order valence-electron chi connectivity index (χ2n) is 3.87. The van der Waals surface area contributed by atoms with Crippen molar-refractivity contribution < 1.29 is 9.84 Å². The van der Waals surface area contributed by atoms with E-state index in [4.69, 9.17) is 4.74 Å². The SMILES string of the molecule is CCc1cccc(Oc2ccccc2CO)c1. The number of para-hydroxylation sites is 1. The zero-order valence-corrected chi connectivity index (χ0v) is 9.89. The molecule has 2 rings (SSSR count). The van der Waals surface area contributed by atoms with Crippen molar-refractivity contribution in [2.45, 2.75) is 20.0 Å². The molecule has 0 aliphatic rings. The first-order chi connectivity index (χ1) is 8.33. The molecule has 0 amide bonds. The van der Waals surface area contributed by atoms with Crippen LogP contribution in [-0.4, -0.2) is 5.11 Å². The second kappa shape index (κ2) is 5.51. The van der Waals surface area contributed by atoms with Crippen LogP contribution in [0.4, 0.5) is 0 Å². The van der Waals surface area contributed by atoms with E-state index in [2.05, 4.69) is 13.0 Å². The molecule has 2 heteroatoms. The molecule has 0 aliphatic carbocycles. The Hall–Kier alpha value is -1.80. The van der Waals surface area contributed by atoms with Crippen LogP contribution in [-0.2, 0) is 13.0 Å². The zero-order valence-electron chi connectivity index (χ0n) is 9.89. The predicted octanol–water partition coefficient (Wildman–Crippen LogP) is 3.53. The number of aryl methyl sites for hydroxylation is 1. The molecular weight excluding hydrogens is 212 g/mol. The van der Waals surface area contributed by atoms with E-state index in [9.17, 15) is 5.11 Å². The molecule has 0 bridgehead atoms. The molecule has 0 spiro atoms. The fraction of sp³-hybridized carbons (Fsp3) is 0.200. The molecule has 2 aromatic carbocycles. The molecular formula is C15H16O2. The summed E-state index contributed by atoms with van der Waals surface area (Å²) in [5.41, 5.74) is 2.04. The lowest BCUT2D eigenvalue weighted by molar-refractivity contribution is 0.276. The molecule has 17 heavy (non-hydrogen) atoms. The summed E-state index contributed by atoms with van der Waals surface area (Å²) in [4.78, 5) is 0.